The number of esters is 1. The molecule has 3 aromatic carbocycles. The number of hydrogen-bond donors (Lipinski definition) is 0. The van der Waals surface area contributed by atoms with Crippen molar-refractivity contribution in [2.24, 2.45) is 5.41 Å². The molecule has 2 heterocycles. The molecule has 1 fully saturated rings. The number of carbonyl (C=O) groups excluding carboxylic acids is 1. The number of nitrogens with zero attached hydrogens (tertiary/aromatic N) is 1. The number of rotatable bonds is 9. The largest absolute Gasteiger partial charge is 0.501 e. The smallest absolute Gasteiger partial charge is 0.338 e. The van der Waals surface area contributed by atoms with Crippen LogP contribution in [0, 0.1) is 5.41 Å². The molecular weight excluding hydrogens is 570 g/mol. The van der Waals surface area contributed by atoms with Gasteiger partial charge in [0.1, 0.15) is 18.0 Å². The maximum atomic E-state index is 13.2. The third-order valence-corrected chi connectivity index (χ3v) is 9.17. The second kappa shape index (κ2) is 13.4. The first-order valence-corrected chi connectivity index (χ1v) is 16.9. The summed E-state index contributed by atoms with van der Waals surface area (Å²) in [5.41, 5.74) is 7.05. The zero-order chi connectivity index (χ0) is 33.2. The average molecular weight is 622 g/mol. The lowest BCUT2D eigenvalue weighted by molar-refractivity contribution is 0.00696. The highest BCUT2D eigenvalue weighted by atomic mass is 16.6. The molecule has 1 aliphatic carbocycles. The number of benzene rings is 3. The van der Waals surface area contributed by atoms with E-state index in [0.717, 1.165) is 48.4 Å². The van der Waals surface area contributed by atoms with Crippen molar-refractivity contribution in [3.63, 3.8) is 0 Å². The van der Waals surface area contributed by atoms with Gasteiger partial charge in [-0.15, -0.1) is 0 Å². The van der Waals surface area contributed by atoms with Crippen LogP contribution >= 0.6 is 0 Å². The van der Waals surface area contributed by atoms with Crippen molar-refractivity contribution in [2.75, 3.05) is 7.11 Å². The minimum Gasteiger partial charge on any atom is -0.501 e. The second-order valence-corrected chi connectivity index (χ2v) is 14.0. The minimum atomic E-state index is -0.566. The molecule has 1 saturated carbocycles. The van der Waals surface area contributed by atoms with E-state index < -0.39 is 5.60 Å². The predicted molar refractivity (Wildman–Crippen MR) is 189 cm³/mol. The molecule has 3 unspecified atom stereocenters. The van der Waals surface area contributed by atoms with Crippen LogP contribution in [0.4, 0.5) is 0 Å². The molecule has 4 aromatic rings. The molecule has 244 valence electrons. The van der Waals surface area contributed by atoms with Crippen LogP contribution in [0.1, 0.15) is 113 Å². The maximum Gasteiger partial charge on any atom is 0.338 e. The second-order valence-electron chi connectivity index (χ2n) is 14.0. The molecule has 1 aromatic heterocycles. The first-order valence-electron chi connectivity index (χ1n) is 16.9. The Morgan fingerprint density at radius 1 is 1.04 bits per heavy atom. The van der Waals surface area contributed by atoms with Gasteiger partial charge in [-0.1, -0.05) is 83.5 Å². The lowest BCUT2D eigenvalue weighted by Crippen LogP contribution is -2.23. The minimum absolute atomic E-state index is 0.230. The third-order valence-electron chi connectivity index (χ3n) is 9.17. The van der Waals surface area contributed by atoms with Gasteiger partial charge in [0.2, 0.25) is 0 Å². The van der Waals surface area contributed by atoms with Gasteiger partial charge in [0.15, 0.2) is 0 Å². The SMILES string of the molecule is C=C(OC)C12CC1c1cc(OCc3ccccc3)ccc1-c1c(C(C)CCC)c3ccc(C(=O)OC(C)(C)C)cc3n1C2.CCC. The normalized spacial score (nSPS) is 18.6. The van der Waals surface area contributed by atoms with Gasteiger partial charge in [0.25, 0.3) is 0 Å². The lowest BCUT2D eigenvalue weighted by Gasteiger charge is -2.21. The molecule has 5 nitrogen and oxygen atoms in total. The number of carbonyl (C=O) groups is 1. The number of hydrogen-bond acceptors (Lipinski definition) is 4. The summed E-state index contributed by atoms with van der Waals surface area (Å²) in [4.78, 5) is 13.2. The summed E-state index contributed by atoms with van der Waals surface area (Å²) < 4.78 is 20.4. The Hall–Kier alpha value is -3.99. The van der Waals surface area contributed by atoms with Crippen molar-refractivity contribution in [2.45, 2.75) is 105 Å². The first kappa shape index (κ1) is 33.4. The highest BCUT2D eigenvalue weighted by molar-refractivity contribution is 5.99. The molecule has 0 amide bonds. The fraction of sp³-hybridized carbons (Fsp3) is 0.439. The van der Waals surface area contributed by atoms with Crippen molar-refractivity contribution in [1.29, 1.82) is 0 Å². The first-order chi connectivity index (χ1) is 22.0. The number of allylic oxidation sites excluding steroid dienone is 1. The Kier molecular flexibility index (Phi) is 9.72. The van der Waals surface area contributed by atoms with E-state index in [1.807, 2.05) is 51.1 Å². The molecule has 0 bridgehead atoms. The van der Waals surface area contributed by atoms with E-state index in [1.54, 1.807) is 7.11 Å². The fourth-order valence-electron chi connectivity index (χ4n) is 7.02. The molecule has 0 N–H and O–H groups in total. The topological polar surface area (TPSA) is 49.7 Å². The molecule has 0 radical (unpaired) electrons. The molecule has 3 atom stereocenters. The molecule has 0 spiro atoms. The Balaban J connectivity index is 0.00000134. The van der Waals surface area contributed by atoms with Gasteiger partial charge < -0.3 is 18.8 Å². The van der Waals surface area contributed by atoms with Crippen LogP contribution in [0.2, 0.25) is 0 Å². The molecule has 6 rings (SSSR count). The molecule has 0 saturated heterocycles. The quantitative estimate of drug-likeness (QED) is 0.138. The van der Waals surface area contributed by atoms with Crippen LogP contribution in [-0.4, -0.2) is 23.2 Å². The van der Waals surface area contributed by atoms with Gasteiger partial charge in [-0.3, -0.25) is 0 Å². The van der Waals surface area contributed by atoms with Crippen LogP contribution in [0.15, 0.2) is 79.1 Å². The number of aromatic nitrogens is 1. The van der Waals surface area contributed by atoms with Gasteiger partial charge >= 0.3 is 5.97 Å². The highest BCUT2D eigenvalue weighted by Crippen LogP contribution is 2.68. The van der Waals surface area contributed by atoms with Gasteiger partial charge in [-0.25, -0.2) is 4.79 Å². The van der Waals surface area contributed by atoms with Crippen LogP contribution < -0.4 is 4.74 Å². The number of fused-ring (bicyclic) bond motifs is 7. The fourth-order valence-corrected chi connectivity index (χ4v) is 7.02. The summed E-state index contributed by atoms with van der Waals surface area (Å²) in [7, 11) is 1.72. The third kappa shape index (κ3) is 6.47. The van der Waals surface area contributed by atoms with Gasteiger partial charge in [-0.05, 0) is 86.6 Å². The van der Waals surface area contributed by atoms with Crippen LogP contribution in [0.25, 0.3) is 22.2 Å². The summed E-state index contributed by atoms with van der Waals surface area (Å²) in [6.45, 7) is 20.2. The maximum absolute atomic E-state index is 13.2. The van der Waals surface area contributed by atoms with E-state index in [0.29, 0.717) is 18.1 Å². The average Bonchev–Trinajstić information content (AvgIpc) is 3.69. The zero-order valence-electron chi connectivity index (χ0n) is 29.0. The monoisotopic (exact) mass is 621 g/mol. The summed E-state index contributed by atoms with van der Waals surface area (Å²) >= 11 is 0. The van der Waals surface area contributed by atoms with E-state index in [4.69, 9.17) is 14.2 Å². The highest BCUT2D eigenvalue weighted by Gasteiger charge is 2.60. The van der Waals surface area contributed by atoms with E-state index in [-0.39, 0.29) is 17.3 Å². The van der Waals surface area contributed by atoms with Gasteiger partial charge in [0, 0.05) is 28.9 Å². The lowest BCUT2D eigenvalue weighted by atomic mass is 9.88. The van der Waals surface area contributed by atoms with Crippen molar-refractivity contribution in [3.8, 4) is 17.0 Å². The Morgan fingerprint density at radius 3 is 2.41 bits per heavy atom. The van der Waals surface area contributed by atoms with Crippen molar-refractivity contribution < 1.29 is 19.0 Å². The van der Waals surface area contributed by atoms with Gasteiger partial charge in [0.05, 0.1) is 29.5 Å². The predicted octanol–water partition coefficient (Wildman–Crippen LogP) is 10.8. The number of methoxy groups -OCH3 is 1. The summed E-state index contributed by atoms with van der Waals surface area (Å²) in [5.74, 6) is 1.98. The summed E-state index contributed by atoms with van der Waals surface area (Å²) in [6, 6.07) is 22.9. The molecular formula is C41H51NO4. The molecule has 5 heteroatoms. The number of ether oxygens (including phenoxy) is 3. The van der Waals surface area contributed by atoms with Crippen LogP contribution in [-0.2, 0) is 22.6 Å². The summed E-state index contributed by atoms with van der Waals surface area (Å²) in [6.07, 6.45) is 4.38. The Labute approximate surface area is 275 Å². The van der Waals surface area contributed by atoms with Crippen LogP contribution in [0.5, 0.6) is 5.75 Å². The van der Waals surface area contributed by atoms with Crippen LogP contribution in [0.3, 0.4) is 0 Å². The van der Waals surface area contributed by atoms with Crippen molar-refractivity contribution >= 4 is 16.9 Å². The van der Waals surface area contributed by atoms with Crippen molar-refractivity contribution in [3.05, 3.63) is 101 Å². The van der Waals surface area contributed by atoms with E-state index in [9.17, 15) is 4.79 Å². The molecule has 46 heavy (non-hydrogen) atoms. The molecule has 2 aliphatic rings. The van der Waals surface area contributed by atoms with E-state index in [2.05, 4.69) is 75.2 Å². The summed E-state index contributed by atoms with van der Waals surface area (Å²) in [5, 5.41) is 1.19. The Bertz CT molecular complexity index is 1710. The zero-order valence-corrected chi connectivity index (χ0v) is 29.0. The van der Waals surface area contributed by atoms with Gasteiger partial charge in [-0.2, -0.15) is 0 Å². The standard InChI is InChI=1S/C38H43NO4.C3H8/c1-8-12-24(2)34-30-17-15-27(36(40)43-37(4,5)6)19-33(30)39-23-38(25(3)41-7)21-32(38)31-20-28(16-18-29(31)35(34)39)42-22-26-13-10-9-11-14-26;1-3-2/h9-11,13-20,24,32H,3,8,12,21-23H2,1-2,4-7H3;3H2,1-2H3. The van der Waals surface area contributed by atoms with E-state index >= 15 is 0 Å². The molecule has 1 aliphatic heterocycles. The van der Waals surface area contributed by atoms with Crippen molar-refractivity contribution in [1.82, 2.24) is 4.57 Å². The Morgan fingerprint density at radius 2 is 1.76 bits per heavy atom. The van der Waals surface area contributed by atoms with E-state index in [1.165, 1.54) is 34.2 Å².